The second-order valence-electron chi connectivity index (χ2n) is 4.29. The van der Waals surface area contributed by atoms with Crippen molar-refractivity contribution in [2.45, 2.75) is 5.16 Å². The van der Waals surface area contributed by atoms with E-state index in [1.807, 2.05) is 24.3 Å². The third-order valence-electron chi connectivity index (χ3n) is 2.81. The number of sulfone groups is 1. The van der Waals surface area contributed by atoms with Gasteiger partial charge in [0.25, 0.3) is 0 Å². The van der Waals surface area contributed by atoms with E-state index in [4.69, 9.17) is 0 Å². The summed E-state index contributed by atoms with van der Waals surface area (Å²) in [7, 11) is -2.95. The number of aromatic amines is 1. The molecular weight excluding hydrogens is 268 g/mol. The van der Waals surface area contributed by atoms with Crippen molar-refractivity contribution in [2.24, 2.45) is 5.92 Å². The normalized spacial score (nSPS) is 21.7. The second-order valence-corrected chi connectivity index (χ2v) is 7.23. The Morgan fingerprint density at radius 3 is 2.94 bits per heavy atom. The molecular formula is C12H12N2O2S2. The number of para-hydroxylation sites is 2. The van der Waals surface area contributed by atoms with Crippen LogP contribution in [0.3, 0.4) is 0 Å². The second kappa shape index (κ2) is 4.44. The van der Waals surface area contributed by atoms with E-state index < -0.39 is 9.84 Å². The third kappa shape index (κ3) is 2.44. The molecule has 0 bridgehead atoms. The van der Waals surface area contributed by atoms with Gasteiger partial charge in [-0.3, -0.25) is 0 Å². The van der Waals surface area contributed by atoms with Gasteiger partial charge in [-0.15, -0.1) is 0 Å². The molecule has 1 aromatic carbocycles. The van der Waals surface area contributed by atoms with Crippen LogP contribution >= 0.6 is 11.8 Å². The molecule has 4 nitrogen and oxygen atoms in total. The maximum absolute atomic E-state index is 11.3. The van der Waals surface area contributed by atoms with E-state index in [1.165, 1.54) is 5.41 Å². The lowest BCUT2D eigenvalue weighted by molar-refractivity contribution is 0.602. The Balaban J connectivity index is 1.69. The van der Waals surface area contributed by atoms with Crippen LogP contribution in [0.25, 0.3) is 11.0 Å². The highest BCUT2D eigenvalue weighted by Crippen LogP contribution is 2.25. The Hall–Kier alpha value is -1.27. The van der Waals surface area contributed by atoms with Gasteiger partial charge in [0.05, 0.1) is 16.8 Å². The Labute approximate surface area is 109 Å². The highest BCUT2D eigenvalue weighted by Gasteiger charge is 2.21. The minimum absolute atomic E-state index is 0.0909. The Kier molecular flexibility index (Phi) is 2.91. The lowest BCUT2D eigenvalue weighted by atomic mass is 10.2. The average molecular weight is 280 g/mol. The van der Waals surface area contributed by atoms with Crippen LogP contribution in [0.1, 0.15) is 0 Å². The molecule has 1 atom stereocenters. The standard InChI is InChI=1S/C12H12N2O2S2/c15-18(16)6-5-9(8-18)7-17-12-13-10-3-1-2-4-11(10)14-12/h1-6,9H,7-8H2,(H,13,14). The molecule has 1 aliphatic rings. The average Bonchev–Trinajstić information content (AvgIpc) is 2.89. The molecule has 1 aliphatic heterocycles. The van der Waals surface area contributed by atoms with Crippen LogP contribution < -0.4 is 0 Å². The highest BCUT2D eigenvalue weighted by molar-refractivity contribution is 7.99. The third-order valence-corrected chi connectivity index (χ3v) is 5.33. The van der Waals surface area contributed by atoms with Gasteiger partial charge in [-0.25, -0.2) is 13.4 Å². The maximum Gasteiger partial charge on any atom is 0.171 e. The van der Waals surface area contributed by atoms with Gasteiger partial charge in [0.1, 0.15) is 0 Å². The Morgan fingerprint density at radius 2 is 2.22 bits per heavy atom. The summed E-state index contributed by atoms with van der Waals surface area (Å²) in [6, 6.07) is 7.84. The largest absolute Gasteiger partial charge is 0.333 e. The zero-order chi connectivity index (χ0) is 12.6. The highest BCUT2D eigenvalue weighted by atomic mass is 32.2. The van der Waals surface area contributed by atoms with Crippen molar-refractivity contribution in [3.63, 3.8) is 0 Å². The topological polar surface area (TPSA) is 62.8 Å². The van der Waals surface area contributed by atoms with Crippen LogP contribution in [0.15, 0.2) is 40.9 Å². The Bertz CT molecular complexity index is 671. The number of nitrogens with one attached hydrogen (secondary N) is 1. The van der Waals surface area contributed by atoms with E-state index >= 15 is 0 Å². The number of nitrogens with zero attached hydrogens (tertiary/aromatic N) is 1. The zero-order valence-corrected chi connectivity index (χ0v) is 11.2. The minimum atomic E-state index is -2.95. The van der Waals surface area contributed by atoms with Crippen molar-refractivity contribution in [3.05, 3.63) is 35.7 Å². The van der Waals surface area contributed by atoms with Crippen LogP contribution in [0.2, 0.25) is 0 Å². The number of aromatic nitrogens is 2. The van der Waals surface area contributed by atoms with Crippen LogP contribution in [0, 0.1) is 5.92 Å². The number of thioether (sulfide) groups is 1. The number of hydrogen-bond donors (Lipinski definition) is 1. The van der Waals surface area contributed by atoms with Crippen LogP contribution in [-0.2, 0) is 9.84 Å². The van der Waals surface area contributed by atoms with Crippen molar-refractivity contribution < 1.29 is 8.42 Å². The molecule has 0 amide bonds. The first-order valence-corrected chi connectivity index (χ1v) is 8.31. The van der Waals surface area contributed by atoms with Crippen molar-refractivity contribution in [2.75, 3.05) is 11.5 Å². The fraction of sp³-hybridized carbons (Fsp3) is 0.250. The predicted molar refractivity (Wildman–Crippen MR) is 73.2 cm³/mol. The summed E-state index contributed by atoms with van der Waals surface area (Å²) >= 11 is 1.56. The van der Waals surface area contributed by atoms with Gasteiger partial charge in [-0.2, -0.15) is 0 Å². The molecule has 0 saturated carbocycles. The van der Waals surface area contributed by atoms with Crippen molar-refractivity contribution >= 4 is 32.6 Å². The molecule has 0 fully saturated rings. The van der Waals surface area contributed by atoms with Crippen molar-refractivity contribution in [1.82, 2.24) is 9.97 Å². The molecule has 1 aromatic heterocycles. The molecule has 0 spiro atoms. The number of rotatable bonds is 3. The fourth-order valence-corrected chi connectivity index (χ4v) is 4.42. The molecule has 0 aliphatic carbocycles. The van der Waals surface area contributed by atoms with Gasteiger partial charge < -0.3 is 4.98 Å². The van der Waals surface area contributed by atoms with Crippen LogP contribution in [-0.4, -0.2) is 29.9 Å². The monoisotopic (exact) mass is 280 g/mol. The smallest absolute Gasteiger partial charge is 0.171 e. The van der Waals surface area contributed by atoms with E-state index in [0.717, 1.165) is 21.9 Å². The number of fused-ring (bicyclic) bond motifs is 1. The summed E-state index contributed by atoms with van der Waals surface area (Å²) in [6.07, 6.45) is 1.77. The van der Waals surface area contributed by atoms with Gasteiger partial charge in [-0.05, 0) is 12.1 Å². The molecule has 2 aromatic rings. The molecule has 0 saturated heterocycles. The first kappa shape index (κ1) is 11.8. The Morgan fingerprint density at radius 1 is 1.39 bits per heavy atom. The fourth-order valence-electron chi connectivity index (χ4n) is 1.93. The molecule has 0 radical (unpaired) electrons. The van der Waals surface area contributed by atoms with Gasteiger partial charge in [0.2, 0.25) is 0 Å². The zero-order valence-electron chi connectivity index (χ0n) is 9.54. The van der Waals surface area contributed by atoms with E-state index in [2.05, 4.69) is 9.97 Å². The summed E-state index contributed by atoms with van der Waals surface area (Å²) in [5.74, 6) is 1.05. The minimum Gasteiger partial charge on any atom is -0.333 e. The molecule has 2 heterocycles. The van der Waals surface area contributed by atoms with Gasteiger partial charge in [0.15, 0.2) is 15.0 Å². The molecule has 18 heavy (non-hydrogen) atoms. The maximum atomic E-state index is 11.3. The van der Waals surface area contributed by atoms with E-state index in [0.29, 0.717) is 0 Å². The molecule has 3 rings (SSSR count). The molecule has 6 heteroatoms. The van der Waals surface area contributed by atoms with Gasteiger partial charge in [0, 0.05) is 17.1 Å². The number of benzene rings is 1. The predicted octanol–water partition coefficient (Wildman–Crippen LogP) is 2.21. The van der Waals surface area contributed by atoms with Gasteiger partial charge in [-0.1, -0.05) is 30.0 Å². The number of imidazole rings is 1. The summed E-state index contributed by atoms with van der Waals surface area (Å²) < 4.78 is 22.5. The van der Waals surface area contributed by atoms with Crippen molar-refractivity contribution in [1.29, 1.82) is 0 Å². The van der Waals surface area contributed by atoms with E-state index in [9.17, 15) is 8.42 Å². The van der Waals surface area contributed by atoms with E-state index in [-0.39, 0.29) is 11.7 Å². The summed E-state index contributed by atoms with van der Waals surface area (Å²) in [6.45, 7) is 0. The first-order chi connectivity index (χ1) is 8.62. The lowest BCUT2D eigenvalue weighted by Gasteiger charge is -2.03. The van der Waals surface area contributed by atoms with Crippen LogP contribution in [0.5, 0.6) is 0 Å². The van der Waals surface area contributed by atoms with Crippen molar-refractivity contribution in [3.8, 4) is 0 Å². The summed E-state index contributed by atoms with van der Waals surface area (Å²) in [4.78, 5) is 7.66. The van der Waals surface area contributed by atoms with Crippen LogP contribution in [0.4, 0.5) is 0 Å². The quantitative estimate of drug-likeness (QED) is 0.876. The molecule has 1 unspecified atom stereocenters. The number of allylic oxidation sites excluding steroid dienone is 1. The summed E-state index contributed by atoms with van der Waals surface area (Å²) in [5.41, 5.74) is 1.95. The first-order valence-electron chi connectivity index (χ1n) is 5.61. The lowest BCUT2D eigenvalue weighted by Crippen LogP contribution is -2.07. The molecule has 1 N–H and O–H groups in total. The SMILES string of the molecule is O=S1(=O)C=CC(CSc2nc3ccccc3[nH]2)C1. The number of H-pyrrole nitrogens is 1. The summed E-state index contributed by atoms with van der Waals surface area (Å²) in [5, 5.41) is 2.16. The number of hydrogen-bond acceptors (Lipinski definition) is 4. The van der Waals surface area contributed by atoms with E-state index in [1.54, 1.807) is 17.8 Å². The molecule has 94 valence electrons. The van der Waals surface area contributed by atoms with Gasteiger partial charge >= 0.3 is 0 Å².